The Bertz CT molecular complexity index is 889. The van der Waals surface area contributed by atoms with Crippen LogP contribution >= 0.6 is 0 Å². The molecule has 1 aliphatic heterocycles. The first-order valence-corrected chi connectivity index (χ1v) is 9.15. The van der Waals surface area contributed by atoms with E-state index < -0.39 is 14.9 Å². The fourth-order valence-electron chi connectivity index (χ4n) is 2.85. The molecule has 0 radical (unpaired) electrons. The van der Waals surface area contributed by atoms with Gasteiger partial charge in [-0.1, -0.05) is 32.0 Å². The quantitative estimate of drug-likeness (QED) is 0.627. The van der Waals surface area contributed by atoms with Crippen LogP contribution in [-0.2, 0) is 16.4 Å². The minimum Gasteiger partial charge on any atom is -0.265 e. The van der Waals surface area contributed by atoms with E-state index in [4.69, 9.17) is 0 Å². The Morgan fingerprint density at radius 2 is 1.79 bits per heavy atom. The van der Waals surface area contributed by atoms with Crippen molar-refractivity contribution < 1.29 is 13.3 Å². The summed E-state index contributed by atoms with van der Waals surface area (Å²) in [6, 6.07) is 11.2. The van der Waals surface area contributed by atoms with E-state index in [1.165, 1.54) is 16.4 Å². The van der Waals surface area contributed by atoms with Gasteiger partial charge in [0.05, 0.1) is 15.5 Å². The molecule has 1 aliphatic rings. The first-order valence-electron chi connectivity index (χ1n) is 7.70. The molecule has 0 unspecified atom stereocenters. The normalized spacial score (nSPS) is 14.0. The standard InChI is InChI=1S/C17H18N2O4S/c1-12(2)13-4-7-16(8-5-13)24(22,23)18-10-9-14-3-6-15(19(20)21)11-17(14)18/h3-8,11-12H,9-10H2,1-2H3. The number of anilines is 1. The van der Waals surface area contributed by atoms with E-state index in [1.807, 2.05) is 26.0 Å². The molecule has 0 spiro atoms. The van der Waals surface area contributed by atoms with Gasteiger partial charge >= 0.3 is 0 Å². The van der Waals surface area contributed by atoms with E-state index in [0.717, 1.165) is 11.1 Å². The van der Waals surface area contributed by atoms with Crippen LogP contribution in [-0.4, -0.2) is 19.9 Å². The summed E-state index contributed by atoms with van der Waals surface area (Å²) >= 11 is 0. The second-order valence-electron chi connectivity index (χ2n) is 6.12. The fourth-order valence-corrected chi connectivity index (χ4v) is 4.35. The minimum absolute atomic E-state index is 0.106. The van der Waals surface area contributed by atoms with Gasteiger partial charge in [-0.05, 0) is 35.6 Å². The van der Waals surface area contributed by atoms with Gasteiger partial charge in [-0.2, -0.15) is 0 Å². The smallest absolute Gasteiger partial charge is 0.265 e. The second kappa shape index (κ2) is 5.90. The predicted molar refractivity (Wildman–Crippen MR) is 91.9 cm³/mol. The molecule has 0 saturated carbocycles. The zero-order chi connectivity index (χ0) is 17.5. The van der Waals surface area contributed by atoms with Crippen molar-refractivity contribution in [2.24, 2.45) is 0 Å². The third-order valence-electron chi connectivity index (χ3n) is 4.27. The van der Waals surface area contributed by atoms with E-state index in [9.17, 15) is 18.5 Å². The van der Waals surface area contributed by atoms with Crippen LogP contribution in [0, 0.1) is 10.1 Å². The molecule has 7 heteroatoms. The van der Waals surface area contributed by atoms with Gasteiger partial charge in [0.2, 0.25) is 0 Å². The van der Waals surface area contributed by atoms with Crippen molar-refractivity contribution in [3.8, 4) is 0 Å². The van der Waals surface area contributed by atoms with Crippen molar-refractivity contribution >= 4 is 21.4 Å². The third kappa shape index (κ3) is 2.75. The van der Waals surface area contributed by atoms with Gasteiger partial charge < -0.3 is 0 Å². The van der Waals surface area contributed by atoms with Gasteiger partial charge in [0.25, 0.3) is 15.7 Å². The summed E-state index contributed by atoms with van der Waals surface area (Å²) < 4.78 is 27.1. The van der Waals surface area contributed by atoms with Crippen molar-refractivity contribution in [2.75, 3.05) is 10.8 Å². The molecule has 0 amide bonds. The predicted octanol–water partition coefficient (Wildman–Crippen LogP) is 3.47. The van der Waals surface area contributed by atoms with Gasteiger partial charge in [0.15, 0.2) is 0 Å². The number of non-ortho nitro benzene ring substituents is 1. The zero-order valence-electron chi connectivity index (χ0n) is 13.5. The molecule has 0 bridgehead atoms. The molecule has 126 valence electrons. The van der Waals surface area contributed by atoms with E-state index in [0.29, 0.717) is 24.6 Å². The molecule has 3 rings (SSSR count). The van der Waals surface area contributed by atoms with Crippen LogP contribution < -0.4 is 4.31 Å². The first-order chi connectivity index (χ1) is 11.3. The molecular weight excluding hydrogens is 328 g/mol. The summed E-state index contributed by atoms with van der Waals surface area (Å²) in [5.41, 5.74) is 2.16. The molecule has 2 aromatic carbocycles. The SMILES string of the molecule is CC(C)c1ccc(S(=O)(=O)N2CCc3ccc([N+](=O)[O-])cc32)cc1. The summed E-state index contributed by atoms with van der Waals surface area (Å²) in [4.78, 5) is 10.7. The highest BCUT2D eigenvalue weighted by molar-refractivity contribution is 7.92. The topological polar surface area (TPSA) is 80.5 Å². The molecule has 0 saturated heterocycles. The lowest BCUT2D eigenvalue weighted by Gasteiger charge is -2.19. The molecule has 6 nitrogen and oxygen atoms in total. The van der Waals surface area contributed by atoms with Crippen molar-refractivity contribution in [1.82, 2.24) is 0 Å². The average Bonchev–Trinajstić information content (AvgIpc) is 2.98. The van der Waals surface area contributed by atoms with Crippen molar-refractivity contribution in [3.05, 3.63) is 63.7 Å². The number of hydrogen-bond acceptors (Lipinski definition) is 4. The number of rotatable bonds is 4. The number of nitro groups is 1. The van der Waals surface area contributed by atoms with Crippen LogP contribution in [0.3, 0.4) is 0 Å². The highest BCUT2D eigenvalue weighted by Gasteiger charge is 2.32. The number of nitro benzene ring substituents is 1. The zero-order valence-corrected chi connectivity index (χ0v) is 14.3. The maximum atomic E-state index is 12.9. The molecule has 24 heavy (non-hydrogen) atoms. The van der Waals surface area contributed by atoms with Crippen LogP contribution in [0.15, 0.2) is 47.4 Å². The largest absolute Gasteiger partial charge is 0.271 e. The highest BCUT2D eigenvalue weighted by atomic mass is 32.2. The summed E-state index contributed by atoms with van der Waals surface area (Å²) in [5, 5.41) is 11.0. The minimum atomic E-state index is -3.73. The Morgan fingerprint density at radius 1 is 1.12 bits per heavy atom. The highest BCUT2D eigenvalue weighted by Crippen LogP contribution is 2.35. The lowest BCUT2D eigenvalue weighted by molar-refractivity contribution is -0.384. The number of nitrogens with zero attached hydrogens (tertiary/aromatic N) is 2. The number of hydrogen-bond donors (Lipinski definition) is 0. The monoisotopic (exact) mass is 346 g/mol. The van der Waals surface area contributed by atoms with Gasteiger partial charge in [0.1, 0.15) is 0 Å². The van der Waals surface area contributed by atoms with Crippen molar-refractivity contribution in [3.63, 3.8) is 0 Å². The van der Waals surface area contributed by atoms with Crippen LogP contribution in [0.1, 0.15) is 30.9 Å². The number of sulfonamides is 1. The van der Waals surface area contributed by atoms with E-state index >= 15 is 0 Å². The Balaban J connectivity index is 2.01. The summed E-state index contributed by atoms with van der Waals surface area (Å²) in [5.74, 6) is 0.317. The molecule has 0 N–H and O–H groups in total. The Kier molecular flexibility index (Phi) is 4.04. The Morgan fingerprint density at radius 3 is 2.38 bits per heavy atom. The Hall–Kier alpha value is -2.41. The van der Waals surface area contributed by atoms with Gasteiger partial charge in [-0.25, -0.2) is 8.42 Å². The summed E-state index contributed by atoms with van der Waals surface area (Å²) in [6.45, 7) is 4.38. The fraction of sp³-hybridized carbons (Fsp3) is 0.294. The second-order valence-corrected chi connectivity index (χ2v) is 7.98. The molecule has 0 aromatic heterocycles. The summed E-state index contributed by atoms with van der Waals surface area (Å²) in [6.07, 6.45) is 0.552. The van der Waals surface area contributed by atoms with Crippen LogP contribution in [0.25, 0.3) is 0 Å². The van der Waals surface area contributed by atoms with Gasteiger partial charge in [-0.15, -0.1) is 0 Å². The summed E-state index contributed by atoms with van der Waals surface area (Å²) in [7, 11) is -3.73. The van der Waals surface area contributed by atoms with Crippen LogP contribution in [0.2, 0.25) is 0 Å². The maximum Gasteiger partial charge on any atom is 0.271 e. The van der Waals surface area contributed by atoms with Crippen LogP contribution in [0.4, 0.5) is 11.4 Å². The molecule has 2 aromatic rings. The molecule has 0 atom stereocenters. The van der Waals surface area contributed by atoms with E-state index in [1.54, 1.807) is 18.2 Å². The van der Waals surface area contributed by atoms with Crippen molar-refractivity contribution in [2.45, 2.75) is 31.1 Å². The number of benzene rings is 2. The first kappa shape index (κ1) is 16.4. The molecular formula is C17H18N2O4S. The van der Waals surface area contributed by atoms with Gasteiger partial charge in [0, 0.05) is 18.7 Å². The molecule has 0 fully saturated rings. The average molecular weight is 346 g/mol. The number of fused-ring (bicyclic) bond motifs is 1. The molecule has 0 aliphatic carbocycles. The molecule has 1 heterocycles. The van der Waals surface area contributed by atoms with Gasteiger partial charge in [-0.3, -0.25) is 14.4 Å². The van der Waals surface area contributed by atoms with E-state index in [-0.39, 0.29) is 10.6 Å². The Labute approximate surface area is 140 Å². The third-order valence-corrected chi connectivity index (χ3v) is 6.09. The lowest BCUT2D eigenvalue weighted by Crippen LogP contribution is -2.29. The van der Waals surface area contributed by atoms with Crippen molar-refractivity contribution in [1.29, 1.82) is 0 Å². The lowest BCUT2D eigenvalue weighted by atomic mass is 10.0. The van der Waals surface area contributed by atoms with E-state index in [2.05, 4.69) is 0 Å². The van der Waals surface area contributed by atoms with Crippen LogP contribution in [0.5, 0.6) is 0 Å². The maximum absolute atomic E-state index is 12.9.